The maximum absolute atomic E-state index is 11.4. The van der Waals surface area contributed by atoms with E-state index in [2.05, 4.69) is 26.1 Å². The van der Waals surface area contributed by atoms with Gasteiger partial charge in [-0.3, -0.25) is 10.1 Å². The predicted octanol–water partition coefficient (Wildman–Crippen LogP) is 3.23. The Balaban J connectivity index is 2.79. The third-order valence-corrected chi connectivity index (χ3v) is 3.57. The number of hydrogen-bond donors (Lipinski definition) is 2. The van der Waals surface area contributed by atoms with Crippen molar-refractivity contribution >= 4 is 5.97 Å². The number of aliphatic carboxylic acids is 1. The lowest BCUT2D eigenvalue weighted by molar-refractivity contribution is -0.140. The molecule has 0 saturated carbocycles. The zero-order valence-corrected chi connectivity index (χ0v) is 11.4. The van der Waals surface area contributed by atoms with Crippen LogP contribution in [0.4, 0.5) is 0 Å². The number of rotatable bonds is 7. The number of carbonyl (C=O) groups is 1. The molecule has 1 aromatic carbocycles. The Hall–Kier alpha value is -1.35. The van der Waals surface area contributed by atoms with Crippen LogP contribution in [-0.4, -0.2) is 17.1 Å². The molecule has 1 aromatic rings. The molecule has 0 amide bonds. The minimum atomic E-state index is -0.820. The zero-order chi connectivity index (χ0) is 13.5. The topological polar surface area (TPSA) is 49.3 Å². The van der Waals surface area contributed by atoms with Gasteiger partial charge in [0.2, 0.25) is 0 Å². The van der Waals surface area contributed by atoms with E-state index in [0.29, 0.717) is 5.92 Å². The lowest BCUT2D eigenvalue weighted by atomic mass is 9.94. The molecule has 3 heteroatoms. The predicted molar refractivity (Wildman–Crippen MR) is 73.5 cm³/mol. The SMILES string of the molecule is CCC(CC)C(C)NC(C(=O)O)c1ccccc1. The molecule has 18 heavy (non-hydrogen) atoms. The summed E-state index contributed by atoms with van der Waals surface area (Å²) in [7, 11) is 0. The number of carboxylic acid groups (broad SMARTS) is 1. The van der Waals surface area contributed by atoms with Crippen LogP contribution in [0.25, 0.3) is 0 Å². The Labute approximate surface area is 109 Å². The van der Waals surface area contributed by atoms with Crippen LogP contribution in [0.1, 0.15) is 45.2 Å². The summed E-state index contributed by atoms with van der Waals surface area (Å²) < 4.78 is 0. The van der Waals surface area contributed by atoms with E-state index in [1.54, 1.807) is 0 Å². The van der Waals surface area contributed by atoms with Gasteiger partial charge in [0.15, 0.2) is 0 Å². The van der Waals surface area contributed by atoms with Gasteiger partial charge in [-0.2, -0.15) is 0 Å². The van der Waals surface area contributed by atoms with Crippen molar-refractivity contribution in [1.29, 1.82) is 0 Å². The number of nitrogens with one attached hydrogen (secondary N) is 1. The second-order valence-electron chi connectivity index (χ2n) is 4.71. The van der Waals surface area contributed by atoms with E-state index in [-0.39, 0.29) is 6.04 Å². The van der Waals surface area contributed by atoms with Crippen LogP contribution in [0.2, 0.25) is 0 Å². The smallest absolute Gasteiger partial charge is 0.325 e. The second kappa shape index (κ2) is 7.17. The normalized spacial score (nSPS) is 14.4. The van der Waals surface area contributed by atoms with E-state index >= 15 is 0 Å². The molecule has 1 rings (SSSR count). The average molecular weight is 249 g/mol. The van der Waals surface area contributed by atoms with Gasteiger partial charge in [0.1, 0.15) is 6.04 Å². The van der Waals surface area contributed by atoms with Crippen molar-refractivity contribution in [2.75, 3.05) is 0 Å². The Kier molecular flexibility index (Phi) is 5.86. The molecular weight excluding hydrogens is 226 g/mol. The molecule has 0 spiro atoms. The Morgan fingerprint density at radius 3 is 2.22 bits per heavy atom. The number of benzene rings is 1. The van der Waals surface area contributed by atoms with Crippen molar-refractivity contribution in [2.24, 2.45) is 5.92 Å². The molecular formula is C15H23NO2. The summed E-state index contributed by atoms with van der Waals surface area (Å²) in [5.74, 6) is -0.311. The molecule has 0 heterocycles. The zero-order valence-electron chi connectivity index (χ0n) is 11.4. The maximum Gasteiger partial charge on any atom is 0.325 e. The van der Waals surface area contributed by atoms with Gasteiger partial charge >= 0.3 is 5.97 Å². The van der Waals surface area contributed by atoms with E-state index in [4.69, 9.17) is 0 Å². The minimum absolute atomic E-state index is 0.196. The third kappa shape index (κ3) is 3.84. The lowest BCUT2D eigenvalue weighted by Gasteiger charge is -2.26. The molecule has 0 aliphatic carbocycles. The van der Waals surface area contributed by atoms with Crippen molar-refractivity contribution in [3.8, 4) is 0 Å². The fraction of sp³-hybridized carbons (Fsp3) is 0.533. The summed E-state index contributed by atoms with van der Waals surface area (Å²) in [6, 6.07) is 8.91. The van der Waals surface area contributed by atoms with Crippen LogP contribution in [0.3, 0.4) is 0 Å². The summed E-state index contributed by atoms with van der Waals surface area (Å²) in [5, 5.41) is 12.6. The largest absolute Gasteiger partial charge is 0.480 e. The maximum atomic E-state index is 11.4. The first-order valence-corrected chi connectivity index (χ1v) is 6.63. The van der Waals surface area contributed by atoms with Crippen molar-refractivity contribution in [1.82, 2.24) is 5.32 Å². The van der Waals surface area contributed by atoms with Crippen LogP contribution >= 0.6 is 0 Å². The Morgan fingerprint density at radius 1 is 1.22 bits per heavy atom. The molecule has 2 N–H and O–H groups in total. The quantitative estimate of drug-likeness (QED) is 0.780. The summed E-state index contributed by atoms with van der Waals surface area (Å²) in [6.07, 6.45) is 2.12. The highest BCUT2D eigenvalue weighted by Gasteiger charge is 2.24. The van der Waals surface area contributed by atoms with E-state index in [0.717, 1.165) is 18.4 Å². The molecule has 0 bridgehead atoms. The minimum Gasteiger partial charge on any atom is -0.480 e. The van der Waals surface area contributed by atoms with Gasteiger partial charge in [-0.05, 0) is 18.4 Å². The van der Waals surface area contributed by atoms with E-state index in [1.807, 2.05) is 30.3 Å². The van der Waals surface area contributed by atoms with Crippen LogP contribution in [0, 0.1) is 5.92 Å². The molecule has 0 fully saturated rings. The van der Waals surface area contributed by atoms with Crippen LogP contribution < -0.4 is 5.32 Å². The standard InChI is InChI=1S/C15H23NO2/c1-4-12(5-2)11(3)16-14(15(17)18)13-9-7-6-8-10-13/h6-12,14,16H,4-5H2,1-3H3,(H,17,18). The van der Waals surface area contributed by atoms with Crippen molar-refractivity contribution in [2.45, 2.75) is 45.7 Å². The summed E-state index contributed by atoms with van der Waals surface area (Å²) in [4.78, 5) is 11.4. The molecule has 0 saturated heterocycles. The third-order valence-electron chi connectivity index (χ3n) is 3.57. The van der Waals surface area contributed by atoms with Crippen LogP contribution in [0.5, 0.6) is 0 Å². The molecule has 2 atom stereocenters. The molecule has 0 aromatic heterocycles. The molecule has 0 aliphatic heterocycles. The Morgan fingerprint density at radius 2 is 1.78 bits per heavy atom. The summed E-state index contributed by atoms with van der Waals surface area (Å²) in [5.41, 5.74) is 0.808. The fourth-order valence-corrected chi connectivity index (χ4v) is 2.35. The van der Waals surface area contributed by atoms with Gasteiger partial charge in [-0.1, -0.05) is 57.0 Å². The van der Waals surface area contributed by atoms with Gasteiger partial charge in [0, 0.05) is 6.04 Å². The molecule has 0 aliphatic rings. The van der Waals surface area contributed by atoms with E-state index < -0.39 is 12.0 Å². The monoisotopic (exact) mass is 249 g/mol. The van der Waals surface area contributed by atoms with Gasteiger partial charge in [-0.15, -0.1) is 0 Å². The first-order chi connectivity index (χ1) is 8.60. The van der Waals surface area contributed by atoms with Crippen molar-refractivity contribution in [3.05, 3.63) is 35.9 Å². The van der Waals surface area contributed by atoms with Crippen molar-refractivity contribution < 1.29 is 9.90 Å². The van der Waals surface area contributed by atoms with Gasteiger partial charge < -0.3 is 5.11 Å². The van der Waals surface area contributed by atoms with Crippen LogP contribution in [0.15, 0.2) is 30.3 Å². The fourth-order valence-electron chi connectivity index (χ4n) is 2.35. The second-order valence-corrected chi connectivity index (χ2v) is 4.71. The van der Waals surface area contributed by atoms with Gasteiger partial charge in [-0.25, -0.2) is 0 Å². The molecule has 2 unspecified atom stereocenters. The highest BCUT2D eigenvalue weighted by atomic mass is 16.4. The van der Waals surface area contributed by atoms with Crippen LogP contribution in [-0.2, 0) is 4.79 Å². The highest BCUT2D eigenvalue weighted by Crippen LogP contribution is 2.19. The molecule has 100 valence electrons. The first-order valence-electron chi connectivity index (χ1n) is 6.63. The van der Waals surface area contributed by atoms with Gasteiger partial charge in [0.05, 0.1) is 0 Å². The Bertz CT molecular complexity index is 360. The summed E-state index contributed by atoms with van der Waals surface area (Å²) in [6.45, 7) is 6.35. The number of hydrogen-bond acceptors (Lipinski definition) is 2. The summed E-state index contributed by atoms with van der Waals surface area (Å²) >= 11 is 0. The average Bonchev–Trinajstić information content (AvgIpc) is 2.38. The van der Waals surface area contributed by atoms with Gasteiger partial charge in [0.25, 0.3) is 0 Å². The van der Waals surface area contributed by atoms with Crippen molar-refractivity contribution in [3.63, 3.8) is 0 Å². The lowest BCUT2D eigenvalue weighted by Crippen LogP contribution is -2.39. The number of carboxylic acids is 1. The highest BCUT2D eigenvalue weighted by molar-refractivity contribution is 5.75. The van der Waals surface area contributed by atoms with E-state index in [9.17, 15) is 9.90 Å². The molecule has 0 radical (unpaired) electrons. The molecule has 3 nitrogen and oxygen atoms in total. The van der Waals surface area contributed by atoms with E-state index in [1.165, 1.54) is 0 Å². The first kappa shape index (κ1) is 14.7.